The number of carboxylic acids is 1. The van der Waals surface area contributed by atoms with E-state index in [1.165, 1.54) is 6.92 Å². The van der Waals surface area contributed by atoms with E-state index in [4.69, 9.17) is 5.11 Å². The second-order valence-corrected chi connectivity index (χ2v) is 2.54. The number of hydrogen-bond acceptors (Lipinski definition) is 1. The van der Waals surface area contributed by atoms with Crippen molar-refractivity contribution in [1.29, 1.82) is 0 Å². The molecule has 0 aromatic carbocycles. The molecule has 0 bridgehead atoms. The zero-order valence-corrected chi connectivity index (χ0v) is 6.57. The minimum atomic E-state index is -4.53. The molecule has 0 fully saturated rings. The van der Waals surface area contributed by atoms with E-state index in [9.17, 15) is 18.0 Å². The average molecular weight is 193 g/mol. The van der Waals surface area contributed by atoms with E-state index in [0.717, 1.165) is 6.07 Å². The summed E-state index contributed by atoms with van der Waals surface area (Å²) in [6, 6.07) is 0.767. The molecule has 0 amide bonds. The Morgan fingerprint density at radius 3 is 2.31 bits per heavy atom. The van der Waals surface area contributed by atoms with Gasteiger partial charge < -0.3 is 10.1 Å². The van der Waals surface area contributed by atoms with Crippen molar-refractivity contribution in [3.63, 3.8) is 0 Å². The summed E-state index contributed by atoms with van der Waals surface area (Å²) in [5.74, 6) is -1.40. The summed E-state index contributed by atoms with van der Waals surface area (Å²) >= 11 is 0. The molecule has 0 aliphatic heterocycles. The van der Waals surface area contributed by atoms with Crippen LogP contribution in [0.15, 0.2) is 6.07 Å². The number of alkyl halides is 3. The summed E-state index contributed by atoms with van der Waals surface area (Å²) < 4.78 is 36.1. The maximum absolute atomic E-state index is 12.0. The Morgan fingerprint density at radius 1 is 1.54 bits per heavy atom. The van der Waals surface area contributed by atoms with Gasteiger partial charge >= 0.3 is 12.1 Å². The summed E-state index contributed by atoms with van der Waals surface area (Å²) in [4.78, 5) is 12.2. The van der Waals surface area contributed by atoms with E-state index in [1.54, 1.807) is 4.98 Å². The SMILES string of the molecule is Cc1cc(C(F)(F)F)[nH]c1C(=O)O. The Bertz CT molecular complexity index is 340. The molecule has 0 saturated carbocycles. The molecule has 72 valence electrons. The van der Waals surface area contributed by atoms with Crippen LogP contribution < -0.4 is 0 Å². The zero-order valence-electron chi connectivity index (χ0n) is 6.57. The summed E-state index contributed by atoms with van der Waals surface area (Å²) in [6.45, 7) is 1.30. The van der Waals surface area contributed by atoms with Crippen molar-refractivity contribution in [1.82, 2.24) is 4.98 Å². The molecule has 0 saturated heterocycles. The van der Waals surface area contributed by atoms with E-state index in [0.29, 0.717) is 0 Å². The Kier molecular flexibility index (Phi) is 2.07. The molecule has 0 atom stereocenters. The molecule has 13 heavy (non-hydrogen) atoms. The van der Waals surface area contributed by atoms with Gasteiger partial charge in [-0.3, -0.25) is 0 Å². The standard InChI is InChI=1S/C7H6F3NO2/c1-3-2-4(7(8,9)10)11-5(3)6(12)13/h2,11H,1H3,(H,12,13). The molecule has 2 N–H and O–H groups in total. The first-order valence-corrected chi connectivity index (χ1v) is 3.32. The van der Waals surface area contributed by atoms with Crippen molar-refractivity contribution in [3.05, 3.63) is 23.0 Å². The van der Waals surface area contributed by atoms with Crippen molar-refractivity contribution >= 4 is 5.97 Å². The molecular weight excluding hydrogens is 187 g/mol. The molecule has 1 heterocycles. The third-order valence-corrected chi connectivity index (χ3v) is 1.53. The van der Waals surface area contributed by atoms with Crippen LogP contribution in [0.25, 0.3) is 0 Å². The van der Waals surface area contributed by atoms with Crippen molar-refractivity contribution in [2.24, 2.45) is 0 Å². The molecule has 1 aromatic rings. The quantitative estimate of drug-likeness (QED) is 0.716. The Morgan fingerprint density at radius 2 is 2.08 bits per heavy atom. The number of aromatic amines is 1. The second kappa shape index (κ2) is 2.79. The summed E-state index contributed by atoms with van der Waals surface area (Å²) in [5.41, 5.74) is -1.39. The zero-order chi connectivity index (χ0) is 10.2. The topological polar surface area (TPSA) is 53.1 Å². The van der Waals surface area contributed by atoms with Gasteiger partial charge in [0.25, 0.3) is 0 Å². The smallest absolute Gasteiger partial charge is 0.431 e. The molecule has 1 aromatic heterocycles. The fourth-order valence-corrected chi connectivity index (χ4v) is 0.933. The summed E-state index contributed by atoms with van der Waals surface area (Å²) in [7, 11) is 0. The first kappa shape index (κ1) is 9.63. The maximum atomic E-state index is 12.0. The molecule has 0 unspecified atom stereocenters. The summed E-state index contributed by atoms with van der Waals surface area (Å²) in [6.07, 6.45) is -4.53. The number of carboxylic acid groups (broad SMARTS) is 1. The van der Waals surface area contributed by atoms with Gasteiger partial charge in [0.2, 0.25) is 0 Å². The van der Waals surface area contributed by atoms with Crippen molar-refractivity contribution in [2.45, 2.75) is 13.1 Å². The van der Waals surface area contributed by atoms with Crippen molar-refractivity contribution in [3.8, 4) is 0 Å². The van der Waals surface area contributed by atoms with Crippen LogP contribution in [0.5, 0.6) is 0 Å². The van der Waals surface area contributed by atoms with Crippen LogP contribution in [0.2, 0.25) is 0 Å². The molecule has 0 radical (unpaired) electrons. The molecule has 0 aliphatic rings. The molecule has 6 heteroatoms. The minimum Gasteiger partial charge on any atom is -0.477 e. The van der Waals surface area contributed by atoms with Crippen LogP contribution in [0.1, 0.15) is 21.7 Å². The lowest BCUT2D eigenvalue weighted by Gasteiger charge is -2.01. The fraction of sp³-hybridized carbons (Fsp3) is 0.286. The van der Waals surface area contributed by atoms with Crippen LogP contribution in [0.3, 0.4) is 0 Å². The average Bonchev–Trinajstić information content (AvgIpc) is 2.29. The molecule has 3 nitrogen and oxygen atoms in total. The monoisotopic (exact) mass is 193 g/mol. The Balaban J connectivity index is 3.17. The van der Waals surface area contributed by atoms with Crippen LogP contribution in [0.4, 0.5) is 13.2 Å². The number of H-pyrrole nitrogens is 1. The van der Waals surface area contributed by atoms with Crippen LogP contribution in [0, 0.1) is 6.92 Å². The number of rotatable bonds is 1. The highest BCUT2D eigenvalue weighted by Gasteiger charge is 2.33. The lowest BCUT2D eigenvalue weighted by atomic mass is 10.2. The Hall–Kier alpha value is -1.46. The van der Waals surface area contributed by atoms with Crippen LogP contribution in [-0.4, -0.2) is 16.1 Å². The number of aryl methyl sites for hydroxylation is 1. The van der Waals surface area contributed by atoms with Gasteiger partial charge in [-0.05, 0) is 18.6 Å². The number of nitrogens with one attached hydrogen (secondary N) is 1. The van der Waals surface area contributed by atoms with Crippen molar-refractivity contribution < 1.29 is 23.1 Å². The lowest BCUT2D eigenvalue weighted by Crippen LogP contribution is -2.06. The van der Waals surface area contributed by atoms with Gasteiger partial charge in [0.05, 0.1) is 0 Å². The number of carbonyl (C=O) groups is 1. The highest BCUT2D eigenvalue weighted by atomic mass is 19.4. The van der Waals surface area contributed by atoms with E-state index in [2.05, 4.69) is 0 Å². The fourth-order valence-electron chi connectivity index (χ4n) is 0.933. The van der Waals surface area contributed by atoms with Gasteiger partial charge in [0, 0.05) is 0 Å². The van der Waals surface area contributed by atoms with Gasteiger partial charge in [-0.2, -0.15) is 13.2 Å². The first-order valence-electron chi connectivity index (χ1n) is 3.32. The normalized spacial score (nSPS) is 11.7. The Labute approximate surface area is 71.2 Å². The predicted molar refractivity (Wildman–Crippen MR) is 37.5 cm³/mol. The minimum absolute atomic E-state index is 0.0693. The number of halogens is 3. The molecule has 1 rings (SSSR count). The van der Waals surface area contributed by atoms with E-state index in [1.807, 2.05) is 0 Å². The van der Waals surface area contributed by atoms with Gasteiger partial charge in [-0.1, -0.05) is 0 Å². The highest BCUT2D eigenvalue weighted by molar-refractivity contribution is 5.87. The largest absolute Gasteiger partial charge is 0.477 e. The first-order chi connectivity index (χ1) is 5.82. The number of aromatic nitrogens is 1. The van der Waals surface area contributed by atoms with Gasteiger partial charge in [0.15, 0.2) is 0 Å². The van der Waals surface area contributed by atoms with Gasteiger partial charge in [-0.15, -0.1) is 0 Å². The van der Waals surface area contributed by atoms with Gasteiger partial charge in [0.1, 0.15) is 11.4 Å². The van der Waals surface area contributed by atoms with Gasteiger partial charge in [-0.25, -0.2) is 4.79 Å². The second-order valence-electron chi connectivity index (χ2n) is 2.54. The lowest BCUT2D eigenvalue weighted by molar-refractivity contribution is -0.140. The van der Waals surface area contributed by atoms with E-state index < -0.39 is 23.5 Å². The summed E-state index contributed by atoms with van der Waals surface area (Å²) in [5, 5.41) is 8.45. The third-order valence-electron chi connectivity index (χ3n) is 1.53. The highest BCUT2D eigenvalue weighted by Crippen LogP contribution is 2.29. The molecule has 0 spiro atoms. The third kappa shape index (κ3) is 1.82. The number of aromatic carboxylic acids is 1. The predicted octanol–water partition coefficient (Wildman–Crippen LogP) is 2.04. The maximum Gasteiger partial charge on any atom is 0.431 e. The van der Waals surface area contributed by atoms with E-state index in [-0.39, 0.29) is 5.56 Å². The molecular formula is C7H6F3NO2. The number of hydrogen-bond donors (Lipinski definition) is 2. The van der Waals surface area contributed by atoms with Crippen molar-refractivity contribution in [2.75, 3.05) is 0 Å². The van der Waals surface area contributed by atoms with Crippen LogP contribution in [-0.2, 0) is 6.18 Å². The van der Waals surface area contributed by atoms with Crippen LogP contribution >= 0.6 is 0 Å². The molecule has 0 aliphatic carbocycles. The van der Waals surface area contributed by atoms with E-state index >= 15 is 0 Å².